The fraction of sp³-hybridized carbons (Fsp3) is 0.588. The van der Waals surface area contributed by atoms with E-state index in [4.69, 9.17) is 0 Å². The molecule has 6 heteroatoms. The molecule has 1 aliphatic rings. The maximum Gasteiger partial charge on any atom is 0.242 e. The summed E-state index contributed by atoms with van der Waals surface area (Å²) in [4.78, 5) is 12.5. The van der Waals surface area contributed by atoms with Gasteiger partial charge in [-0.05, 0) is 32.3 Å². The van der Waals surface area contributed by atoms with Crippen molar-refractivity contribution in [1.29, 1.82) is 0 Å². The Kier molecular flexibility index (Phi) is 5.81. The number of rotatable bonds is 6. The molecule has 0 atom stereocenters. The summed E-state index contributed by atoms with van der Waals surface area (Å²) in [5, 5.41) is 2.91. The Bertz CT molecular complexity index is 620. The highest BCUT2D eigenvalue weighted by molar-refractivity contribution is 7.91. The summed E-state index contributed by atoms with van der Waals surface area (Å²) in [7, 11) is -3.77. The van der Waals surface area contributed by atoms with Crippen LogP contribution in [0.4, 0.5) is 0 Å². The molecule has 0 unspecified atom stereocenters. The van der Waals surface area contributed by atoms with Gasteiger partial charge in [-0.25, -0.2) is 13.1 Å². The molecule has 0 heterocycles. The Hall–Kier alpha value is -1.40. The minimum absolute atomic E-state index is 0.0971. The van der Waals surface area contributed by atoms with Gasteiger partial charge < -0.3 is 5.32 Å². The molecule has 5 nitrogen and oxygen atoms in total. The first-order chi connectivity index (χ1) is 10.8. The van der Waals surface area contributed by atoms with Crippen LogP contribution in [-0.4, -0.2) is 25.1 Å². The molecule has 1 aromatic rings. The average Bonchev–Trinajstić information content (AvgIpc) is 2.55. The SMILES string of the molecule is CC(C)(C(=O)NC1CCCCC1)S(=O)(=O)NCc1ccccc1. The third-order valence-electron chi connectivity index (χ3n) is 4.47. The number of carbonyl (C=O) groups is 1. The van der Waals surface area contributed by atoms with E-state index in [0.717, 1.165) is 31.2 Å². The van der Waals surface area contributed by atoms with Crippen molar-refractivity contribution in [2.45, 2.75) is 63.3 Å². The van der Waals surface area contributed by atoms with Crippen LogP contribution in [0.15, 0.2) is 30.3 Å². The van der Waals surface area contributed by atoms with Gasteiger partial charge in [-0.1, -0.05) is 49.6 Å². The summed E-state index contributed by atoms with van der Waals surface area (Å²) < 4.78 is 26.1. The molecule has 2 rings (SSSR count). The van der Waals surface area contributed by atoms with E-state index in [2.05, 4.69) is 10.0 Å². The largest absolute Gasteiger partial charge is 0.352 e. The van der Waals surface area contributed by atoms with Crippen molar-refractivity contribution in [2.24, 2.45) is 0 Å². The lowest BCUT2D eigenvalue weighted by Crippen LogP contribution is -2.54. The molecular weight excluding hydrogens is 312 g/mol. The summed E-state index contributed by atoms with van der Waals surface area (Å²) in [5.41, 5.74) is 0.861. The Morgan fingerprint density at radius 3 is 2.35 bits per heavy atom. The third kappa shape index (κ3) is 4.54. The Balaban J connectivity index is 1.99. The van der Waals surface area contributed by atoms with Crippen LogP contribution in [0.1, 0.15) is 51.5 Å². The second kappa shape index (κ2) is 7.45. The van der Waals surface area contributed by atoms with Gasteiger partial charge >= 0.3 is 0 Å². The third-order valence-corrected chi connectivity index (χ3v) is 6.52. The van der Waals surface area contributed by atoms with Crippen molar-refractivity contribution < 1.29 is 13.2 Å². The molecule has 1 fully saturated rings. The maximum absolute atomic E-state index is 12.5. The first-order valence-electron chi connectivity index (χ1n) is 8.17. The summed E-state index contributed by atoms with van der Waals surface area (Å²) in [6, 6.07) is 9.36. The Labute approximate surface area is 138 Å². The van der Waals surface area contributed by atoms with Gasteiger partial charge in [0.15, 0.2) is 4.75 Å². The zero-order valence-electron chi connectivity index (χ0n) is 13.8. The molecule has 1 amide bonds. The van der Waals surface area contributed by atoms with Gasteiger partial charge in [-0.3, -0.25) is 4.79 Å². The van der Waals surface area contributed by atoms with E-state index in [1.54, 1.807) is 0 Å². The second-order valence-corrected chi connectivity index (χ2v) is 8.95. The summed E-state index contributed by atoms with van der Waals surface area (Å²) >= 11 is 0. The van der Waals surface area contributed by atoms with Gasteiger partial charge in [-0.15, -0.1) is 0 Å². The lowest BCUT2D eigenvalue weighted by molar-refractivity contribution is -0.123. The van der Waals surface area contributed by atoms with Crippen molar-refractivity contribution in [1.82, 2.24) is 10.0 Å². The Morgan fingerprint density at radius 1 is 1.13 bits per heavy atom. The normalized spacial score (nSPS) is 17.0. The Morgan fingerprint density at radius 2 is 1.74 bits per heavy atom. The summed E-state index contributed by atoms with van der Waals surface area (Å²) in [5.74, 6) is -0.426. The molecule has 0 aromatic heterocycles. The quantitative estimate of drug-likeness (QED) is 0.836. The number of sulfonamides is 1. The van der Waals surface area contributed by atoms with Gasteiger partial charge in [0.2, 0.25) is 15.9 Å². The lowest BCUT2D eigenvalue weighted by atomic mass is 9.95. The van der Waals surface area contributed by atoms with Crippen LogP contribution in [0.5, 0.6) is 0 Å². The van der Waals surface area contributed by atoms with Crippen molar-refractivity contribution >= 4 is 15.9 Å². The van der Waals surface area contributed by atoms with Crippen LogP contribution in [0.25, 0.3) is 0 Å². The van der Waals surface area contributed by atoms with Crippen LogP contribution in [0, 0.1) is 0 Å². The van der Waals surface area contributed by atoms with Crippen molar-refractivity contribution in [3.63, 3.8) is 0 Å². The van der Waals surface area contributed by atoms with Gasteiger partial charge in [0.25, 0.3) is 0 Å². The molecule has 23 heavy (non-hydrogen) atoms. The van der Waals surface area contributed by atoms with Gasteiger partial charge in [0.1, 0.15) is 0 Å². The molecule has 1 saturated carbocycles. The number of carbonyl (C=O) groups excluding carboxylic acids is 1. The number of hydrogen-bond acceptors (Lipinski definition) is 3. The van der Waals surface area contributed by atoms with E-state index in [1.807, 2.05) is 30.3 Å². The van der Waals surface area contributed by atoms with Gasteiger partial charge in [0, 0.05) is 12.6 Å². The zero-order chi connectivity index (χ0) is 16.9. The van der Waals surface area contributed by atoms with E-state index in [1.165, 1.54) is 20.3 Å². The van der Waals surface area contributed by atoms with Gasteiger partial charge in [0.05, 0.1) is 0 Å². The number of benzene rings is 1. The molecule has 1 aliphatic carbocycles. The molecular formula is C17H26N2O3S. The molecule has 0 bridgehead atoms. The highest BCUT2D eigenvalue weighted by atomic mass is 32.2. The van der Waals surface area contributed by atoms with Gasteiger partial charge in [-0.2, -0.15) is 0 Å². The second-order valence-electron chi connectivity index (χ2n) is 6.63. The van der Waals surface area contributed by atoms with Crippen LogP contribution < -0.4 is 10.0 Å². The van der Waals surface area contributed by atoms with E-state index >= 15 is 0 Å². The van der Waals surface area contributed by atoms with E-state index in [9.17, 15) is 13.2 Å². The smallest absolute Gasteiger partial charge is 0.242 e. The van der Waals surface area contributed by atoms with Crippen molar-refractivity contribution in [3.8, 4) is 0 Å². The average molecular weight is 338 g/mol. The minimum Gasteiger partial charge on any atom is -0.352 e. The molecule has 2 N–H and O–H groups in total. The van der Waals surface area contributed by atoms with E-state index < -0.39 is 20.7 Å². The van der Waals surface area contributed by atoms with E-state index in [0.29, 0.717) is 0 Å². The topological polar surface area (TPSA) is 75.3 Å². The fourth-order valence-electron chi connectivity index (χ4n) is 2.68. The van der Waals surface area contributed by atoms with Crippen LogP contribution in [0.3, 0.4) is 0 Å². The molecule has 0 saturated heterocycles. The predicted octanol–water partition coefficient (Wildman–Crippen LogP) is 2.33. The molecule has 128 valence electrons. The highest BCUT2D eigenvalue weighted by Crippen LogP contribution is 2.21. The predicted molar refractivity (Wildman–Crippen MR) is 91.3 cm³/mol. The highest BCUT2D eigenvalue weighted by Gasteiger charge is 2.42. The first-order valence-corrected chi connectivity index (χ1v) is 9.65. The van der Waals surface area contributed by atoms with E-state index in [-0.39, 0.29) is 12.6 Å². The van der Waals surface area contributed by atoms with Crippen LogP contribution >= 0.6 is 0 Å². The van der Waals surface area contributed by atoms with Crippen molar-refractivity contribution in [3.05, 3.63) is 35.9 Å². The molecule has 0 spiro atoms. The number of hydrogen-bond donors (Lipinski definition) is 2. The van der Waals surface area contributed by atoms with Crippen LogP contribution in [0.2, 0.25) is 0 Å². The maximum atomic E-state index is 12.5. The lowest BCUT2D eigenvalue weighted by Gasteiger charge is -2.29. The molecule has 0 radical (unpaired) electrons. The zero-order valence-corrected chi connectivity index (χ0v) is 14.7. The monoisotopic (exact) mass is 338 g/mol. The fourth-order valence-corrected chi connectivity index (χ4v) is 3.70. The van der Waals surface area contributed by atoms with Crippen molar-refractivity contribution in [2.75, 3.05) is 0 Å². The minimum atomic E-state index is -3.77. The number of nitrogens with one attached hydrogen (secondary N) is 2. The standard InChI is InChI=1S/C17H26N2O3S/c1-17(2,16(20)19-15-11-7-4-8-12-15)23(21,22)18-13-14-9-5-3-6-10-14/h3,5-6,9-10,15,18H,4,7-8,11-13H2,1-2H3,(H,19,20). The number of amides is 1. The first kappa shape index (κ1) is 17.9. The van der Waals surface area contributed by atoms with Crippen LogP contribution in [-0.2, 0) is 21.4 Å². The summed E-state index contributed by atoms with van der Waals surface area (Å²) in [6.45, 7) is 3.10. The molecule has 1 aromatic carbocycles. The molecule has 0 aliphatic heterocycles. The summed E-state index contributed by atoms with van der Waals surface area (Å²) in [6.07, 6.45) is 5.22.